The molecule has 0 aromatic heterocycles. The number of hydrogen-bond acceptors (Lipinski definition) is 6. The van der Waals surface area contributed by atoms with Gasteiger partial charge in [-0.25, -0.2) is 0 Å². The molecule has 0 saturated carbocycles. The second-order valence-electron chi connectivity index (χ2n) is 6.72. The zero-order chi connectivity index (χ0) is 21.9. The quantitative estimate of drug-likeness (QED) is 0.386. The van der Waals surface area contributed by atoms with E-state index < -0.39 is 17.7 Å². The van der Waals surface area contributed by atoms with E-state index in [1.807, 2.05) is 0 Å². The Morgan fingerprint density at radius 1 is 0.607 bits per heavy atom. The van der Waals surface area contributed by atoms with Gasteiger partial charge in [-0.2, -0.15) is 0 Å². The zero-order valence-electron chi connectivity index (χ0n) is 17.6. The van der Waals surface area contributed by atoms with E-state index in [1.165, 1.54) is 30.9 Å². The third-order valence-electron chi connectivity index (χ3n) is 3.67. The summed E-state index contributed by atoms with van der Waals surface area (Å²) in [6.07, 6.45) is 0. The number of nitrogens with one attached hydrogen (secondary N) is 2. The van der Waals surface area contributed by atoms with Crippen molar-refractivity contribution in [2.24, 2.45) is 0 Å². The van der Waals surface area contributed by atoms with Gasteiger partial charge in [-0.3, -0.25) is 24.0 Å². The van der Waals surface area contributed by atoms with Crippen LogP contribution < -0.4 is 10.6 Å². The van der Waals surface area contributed by atoms with Crippen LogP contribution >= 0.6 is 0 Å². The van der Waals surface area contributed by atoms with E-state index in [0.29, 0.717) is 6.54 Å². The lowest BCUT2D eigenvalue weighted by molar-refractivity contribution is -0.140. The van der Waals surface area contributed by atoms with E-state index >= 15 is 0 Å². The Morgan fingerprint density at radius 2 is 1.04 bits per heavy atom. The maximum Gasteiger partial charge on any atom is 0.242 e. The molecule has 11 heteroatoms. The predicted molar refractivity (Wildman–Crippen MR) is 103 cm³/mol. The molecule has 0 unspecified atom stereocenters. The Morgan fingerprint density at radius 3 is 1.50 bits per heavy atom. The molecule has 0 heterocycles. The van der Waals surface area contributed by atoms with Crippen LogP contribution in [0.4, 0.5) is 0 Å². The molecule has 160 valence electrons. The molecule has 0 radical (unpaired) electrons. The summed E-state index contributed by atoms with van der Waals surface area (Å²) in [6.45, 7) is 1.64. The highest BCUT2D eigenvalue weighted by atomic mass is 16.2. The minimum atomic E-state index is -0.476. The van der Waals surface area contributed by atoms with Crippen LogP contribution in [0, 0.1) is 0 Å². The molecule has 28 heavy (non-hydrogen) atoms. The van der Waals surface area contributed by atoms with E-state index in [1.54, 1.807) is 25.9 Å². The topological polar surface area (TPSA) is 122 Å². The third-order valence-corrected chi connectivity index (χ3v) is 3.67. The SMILES string of the molecule is CCNC(=O)CN(C)C(=O)CN(C)C(=O)CNC(=O)CN(C)C(=O)CN(C)C. The van der Waals surface area contributed by atoms with Gasteiger partial charge >= 0.3 is 0 Å². The van der Waals surface area contributed by atoms with Crippen molar-refractivity contribution in [2.75, 3.05) is 74.5 Å². The van der Waals surface area contributed by atoms with E-state index in [4.69, 9.17) is 0 Å². The molecule has 0 bridgehead atoms. The van der Waals surface area contributed by atoms with E-state index in [-0.39, 0.29) is 44.5 Å². The number of carbonyl (C=O) groups is 5. The molecular weight excluding hydrogens is 368 g/mol. The lowest BCUT2D eigenvalue weighted by Gasteiger charge is -2.22. The minimum Gasteiger partial charge on any atom is -0.355 e. The molecule has 0 rings (SSSR count). The van der Waals surface area contributed by atoms with Gasteiger partial charge in [0.25, 0.3) is 0 Å². The summed E-state index contributed by atoms with van der Waals surface area (Å²) in [6, 6.07) is 0. The van der Waals surface area contributed by atoms with Gasteiger partial charge in [0, 0.05) is 27.7 Å². The maximum absolute atomic E-state index is 12.1. The van der Waals surface area contributed by atoms with Crippen molar-refractivity contribution in [1.82, 2.24) is 30.2 Å². The number of carbonyl (C=O) groups excluding carboxylic acids is 5. The Labute approximate surface area is 166 Å². The van der Waals surface area contributed by atoms with Gasteiger partial charge in [-0.15, -0.1) is 0 Å². The van der Waals surface area contributed by atoms with E-state index in [9.17, 15) is 24.0 Å². The molecule has 0 aliphatic rings. The van der Waals surface area contributed by atoms with Crippen molar-refractivity contribution in [1.29, 1.82) is 0 Å². The zero-order valence-corrected chi connectivity index (χ0v) is 17.6. The molecule has 0 atom stereocenters. The first-order valence-electron chi connectivity index (χ1n) is 8.87. The van der Waals surface area contributed by atoms with Gasteiger partial charge in [0.2, 0.25) is 29.5 Å². The first kappa shape index (κ1) is 25.3. The monoisotopic (exact) mass is 400 g/mol. The standard InChI is InChI=1S/C17H32N6O5/c1-7-18-13(24)9-22(5)17(28)12-23(6)15(26)8-19-14(25)10-21(4)16(27)11-20(2)3/h7-12H2,1-6H3,(H,18,24)(H,19,25). The number of nitrogens with zero attached hydrogens (tertiary/aromatic N) is 4. The summed E-state index contributed by atoms with van der Waals surface area (Å²) in [7, 11) is 7.89. The smallest absolute Gasteiger partial charge is 0.242 e. The first-order valence-corrected chi connectivity index (χ1v) is 8.87. The fourth-order valence-electron chi connectivity index (χ4n) is 2.03. The molecule has 2 N–H and O–H groups in total. The lowest BCUT2D eigenvalue weighted by atomic mass is 10.4. The van der Waals surface area contributed by atoms with Crippen molar-refractivity contribution < 1.29 is 24.0 Å². The molecule has 11 nitrogen and oxygen atoms in total. The van der Waals surface area contributed by atoms with Crippen molar-refractivity contribution in [3.63, 3.8) is 0 Å². The minimum absolute atomic E-state index is 0.0985. The van der Waals surface area contributed by atoms with Gasteiger partial charge in [0.15, 0.2) is 0 Å². The van der Waals surface area contributed by atoms with Gasteiger partial charge in [0.05, 0.1) is 32.7 Å². The highest BCUT2D eigenvalue weighted by molar-refractivity contribution is 5.91. The largest absolute Gasteiger partial charge is 0.355 e. The molecule has 0 saturated heterocycles. The normalized spacial score (nSPS) is 10.2. The number of rotatable bonds is 11. The fraction of sp³-hybridized carbons (Fsp3) is 0.706. The van der Waals surface area contributed by atoms with Crippen molar-refractivity contribution in [2.45, 2.75) is 6.92 Å². The molecule has 0 aromatic carbocycles. The summed E-state index contributed by atoms with van der Waals surface area (Å²) in [4.78, 5) is 64.6. The second-order valence-corrected chi connectivity index (χ2v) is 6.72. The average molecular weight is 400 g/mol. The Balaban J connectivity index is 4.33. The summed E-state index contributed by atoms with van der Waals surface area (Å²) in [5, 5.41) is 5.01. The average Bonchev–Trinajstić information content (AvgIpc) is 2.58. The first-order chi connectivity index (χ1) is 13.0. The van der Waals surface area contributed by atoms with Crippen LogP contribution in [0.3, 0.4) is 0 Å². The van der Waals surface area contributed by atoms with Crippen molar-refractivity contribution in [3.05, 3.63) is 0 Å². The summed E-state index contributed by atoms with van der Waals surface area (Å²) >= 11 is 0. The summed E-state index contributed by atoms with van der Waals surface area (Å²) in [5.74, 6) is -1.84. The van der Waals surface area contributed by atoms with Crippen LogP contribution in [0.5, 0.6) is 0 Å². The molecule has 0 fully saturated rings. The van der Waals surface area contributed by atoms with Crippen LogP contribution in [0.25, 0.3) is 0 Å². The predicted octanol–water partition coefficient (Wildman–Crippen LogP) is -2.82. The second kappa shape index (κ2) is 12.7. The Hall–Kier alpha value is -2.69. The summed E-state index contributed by atoms with van der Waals surface area (Å²) < 4.78 is 0. The maximum atomic E-state index is 12.1. The third kappa shape index (κ3) is 10.5. The molecular formula is C17H32N6O5. The number of likely N-dealkylation sites (N-methyl/N-ethyl adjacent to an activating group) is 5. The highest BCUT2D eigenvalue weighted by Crippen LogP contribution is 1.92. The number of hydrogen-bond donors (Lipinski definition) is 2. The lowest BCUT2D eigenvalue weighted by Crippen LogP contribution is -2.47. The van der Waals surface area contributed by atoms with E-state index in [0.717, 1.165) is 4.90 Å². The highest BCUT2D eigenvalue weighted by Gasteiger charge is 2.19. The van der Waals surface area contributed by atoms with Gasteiger partial charge < -0.3 is 30.2 Å². The van der Waals surface area contributed by atoms with Gasteiger partial charge in [-0.05, 0) is 21.0 Å². The van der Waals surface area contributed by atoms with Gasteiger partial charge in [0.1, 0.15) is 0 Å². The van der Waals surface area contributed by atoms with Crippen LogP contribution in [-0.4, -0.2) is 124 Å². The van der Waals surface area contributed by atoms with Crippen molar-refractivity contribution >= 4 is 29.5 Å². The van der Waals surface area contributed by atoms with Crippen LogP contribution in [0.2, 0.25) is 0 Å². The molecule has 0 aliphatic heterocycles. The molecule has 0 aromatic rings. The summed E-state index contributed by atoms with van der Waals surface area (Å²) in [5.41, 5.74) is 0. The number of amides is 5. The molecule has 5 amide bonds. The Kier molecular flexibility index (Phi) is 11.4. The van der Waals surface area contributed by atoms with E-state index in [2.05, 4.69) is 10.6 Å². The van der Waals surface area contributed by atoms with Gasteiger partial charge in [-0.1, -0.05) is 0 Å². The van der Waals surface area contributed by atoms with Crippen LogP contribution in [0.15, 0.2) is 0 Å². The molecule has 0 aliphatic carbocycles. The van der Waals surface area contributed by atoms with Crippen LogP contribution in [0.1, 0.15) is 6.92 Å². The Bertz CT molecular complexity index is 580. The fourth-order valence-corrected chi connectivity index (χ4v) is 2.03. The van der Waals surface area contributed by atoms with Crippen molar-refractivity contribution in [3.8, 4) is 0 Å². The molecule has 0 spiro atoms. The van der Waals surface area contributed by atoms with Crippen LogP contribution in [-0.2, 0) is 24.0 Å².